The van der Waals surface area contributed by atoms with E-state index in [-0.39, 0.29) is 24.4 Å². The fraction of sp³-hybridized carbons (Fsp3) is 0.636. The van der Waals surface area contributed by atoms with Crippen molar-refractivity contribution in [2.75, 3.05) is 13.7 Å². The molecule has 1 aliphatic carbocycles. The first-order chi connectivity index (χ1) is 9.38. The molecule has 20 heavy (non-hydrogen) atoms. The zero-order valence-corrected chi connectivity index (χ0v) is 11.0. The summed E-state index contributed by atoms with van der Waals surface area (Å²) in [5.74, 6) is -1.12. The van der Waals surface area contributed by atoms with E-state index in [1.165, 1.54) is 11.9 Å². The number of urea groups is 1. The number of carbonyl (C=O) groups excluding carboxylic acids is 2. The number of aliphatic hydroxyl groups is 1. The van der Waals surface area contributed by atoms with Crippen molar-refractivity contribution in [2.45, 2.75) is 31.5 Å². The minimum absolute atomic E-state index is 0.0722. The van der Waals surface area contributed by atoms with Gasteiger partial charge in [0.15, 0.2) is 0 Å². The van der Waals surface area contributed by atoms with Gasteiger partial charge in [-0.1, -0.05) is 0 Å². The van der Waals surface area contributed by atoms with Crippen LogP contribution in [0.5, 0.6) is 0 Å². The first-order valence-electron chi connectivity index (χ1n) is 6.14. The number of hydrogen-bond donors (Lipinski definition) is 2. The molecule has 2 N–H and O–H groups in total. The second kappa shape index (κ2) is 4.99. The summed E-state index contributed by atoms with van der Waals surface area (Å²) in [5.41, 5.74) is -0.230. The zero-order valence-electron chi connectivity index (χ0n) is 11.0. The number of likely N-dealkylation sites (N-methyl/N-ethyl adjacent to an activating group) is 1. The Hall–Kier alpha value is -2.32. The van der Waals surface area contributed by atoms with Crippen molar-refractivity contribution in [3.05, 3.63) is 21.4 Å². The predicted molar refractivity (Wildman–Crippen MR) is 65.6 cm³/mol. The summed E-state index contributed by atoms with van der Waals surface area (Å²) in [7, 11) is 1.41. The number of ether oxygens (including phenoxy) is 1. The average Bonchev–Trinajstić information content (AvgIpc) is 2.35. The Labute approximate surface area is 114 Å². The Morgan fingerprint density at radius 2 is 2.30 bits per heavy atom. The topological polar surface area (TPSA) is 122 Å². The van der Waals surface area contributed by atoms with Crippen LogP contribution in [0.1, 0.15) is 13.3 Å². The summed E-state index contributed by atoms with van der Waals surface area (Å²) in [6.07, 6.45) is -0.139. The van der Waals surface area contributed by atoms with E-state index in [2.05, 4.69) is 5.32 Å². The van der Waals surface area contributed by atoms with Gasteiger partial charge in [-0.25, -0.2) is 9.59 Å². The number of fused-ring (bicyclic) bond motifs is 2. The molecule has 1 saturated heterocycles. The Kier molecular flexibility index (Phi) is 3.51. The number of hydrogen-bond acceptors (Lipinski definition) is 6. The molecule has 2 bridgehead atoms. The zero-order chi connectivity index (χ0) is 15.0. The van der Waals surface area contributed by atoms with Crippen molar-refractivity contribution in [3.8, 4) is 0 Å². The van der Waals surface area contributed by atoms with Crippen molar-refractivity contribution in [1.82, 2.24) is 10.2 Å². The molecule has 0 aromatic carbocycles. The first kappa shape index (κ1) is 14.1. The molecule has 3 unspecified atom stereocenters. The molecule has 0 spiro atoms. The van der Waals surface area contributed by atoms with Crippen LogP contribution in [0.4, 0.5) is 4.79 Å². The molecule has 2 amide bonds. The van der Waals surface area contributed by atoms with Gasteiger partial charge >= 0.3 is 12.0 Å². The lowest BCUT2D eigenvalue weighted by atomic mass is 9.82. The number of nitro groups is 1. The molecule has 0 radical (unpaired) electrons. The normalized spacial score (nSPS) is 29.0. The maximum absolute atomic E-state index is 11.8. The lowest BCUT2D eigenvalue weighted by molar-refractivity contribution is -0.534. The highest BCUT2D eigenvalue weighted by Gasteiger charge is 2.55. The van der Waals surface area contributed by atoms with Crippen LogP contribution in [-0.2, 0) is 9.53 Å². The van der Waals surface area contributed by atoms with Crippen LogP contribution < -0.4 is 5.32 Å². The van der Waals surface area contributed by atoms with Crippen LogP contribution in [0.15, 0.2) is 11.3 Å². The van der Waals surface area contributed by atoms with Crippen molar-refractivity contribution in [3.63, 3.8) is 0 Å². The number of aliphatic hydroxyl groups excluding tert-OH is 1. The lowest BCUT2D eigenvalue weighted by Crippen LogP contribution is -2.68. The summed E-state index contributed by atoms with van der Waals surface area (Å²) < 4.78 is 4.79. The van der Waals surface area contributed by atoms with E-state index in [4.69, 9.17) is 4.74 Å². The predicted octanol–water partition coefficient (Wildman–Crippen LogP) is -0.197. The Morgan fingerprint density at radius 1 is 1.65 bits per heavy atom. The second-order valence-corrected chi connectivity index (χ2v) is 4.67. The molecule has 0 aromatic rings. The van der Waals surface area contributed by atoms with Gasteiger partial charge in [-0.3, -0.25) is 10.1 Å². The largest absolute Gasteiger partial charge is 0.512 e. The number of amides is 2. The standard InChI is InChI=1S/C11H15N3O6/c1-3-20-10(16)7-6(15)4-5-9(14(18)19)8(7)12-11(17)13(5)2/h5,8-9,15H,3-4H2,1-2H3,(H,12,17). The number of nitrogens with one attached hydrogen (secondary N) is 1. The van der Waals surface area contributed by atoms with Gasteiger partial charge in [-0.15, -0.1) is 0 Å². The lowest BCUT2D eigenvalue weighted by Gasteiger charge is -2.42. The van der Waals surface area contributed by atoms with Gasteiger partial charge in [0.25, 0.3) is 6.04 Å². The fourth-order valence-corrected chi connectivity index (χ4v) is 2.63. The highest BCUT2D eigenvalue weighted by Crippen LogP contribution is 2.32. The molecule has 2 aliphatic rings. The highest BCUT2D eigenvalue weighted by atomic mass is 16.6. The molecule has 2 rings (SSSR count). The summed E-state index contributed by atoms with van der Waals surface area (Å²) in [6, 6.07) is -3.69. The van der Waals surface area contributed by atoms with Crippen molar-refractivity contribution >= 4 is 12.0 Å². The van der Waals surface area contributed by atoms with Crippen LogP contribution in [0.2, 0.25) is 0 Å². The molecule has 9 heteroatoms. The van der Waals surface area contributed by atoms with Crippen LogP contribution in [0, 0.1) is 10.1 Å². The number of rotatable bonds is 3. The molecule has 9 nitrogen and oxygen atoms in total. The second-order valence-electron chi connectivity index (χ2n) is 4.67. The van der Waals surface area contributed by atoms with Crippen LogP contribution in [0.25, 0.3) is 0 Å². The quantitative estimate of drug-likeness (QED) is 0.421. The maximum atomic E-state index is 11.8. The molecule has 1 aliphatic heterocycles. The molecule has 110 valence electrons. The van der Waals surface area contributed by atoms with Gasteiger partial charge in [0.1, 0.15) is 23.4 Å². The Balaban J connectivity index is 2.45. The van der Waals surface area contributed by atoms with Crippen LogP contribution in [0.3, 0.4) is 0 Å². The van der Waals surface area contributed by atoms with Gasteiger partial charge in [-0.05, 0) is 6.92 Å². The summed E-state index contributed by atoms with van der Waals surface area (Å²) in [4.78, 5) is 35.4. The maximum Gasteiger partial charge on any atom is 0.339 e. The van der Waals surface area contributed by atoms with E-state index in [0.29, 0.717) is 0 Å². The third-order valence-electron chi connectivity index (χ3n) is 3.60. The van der Waals surface area contributed by atoms with Gasteiger partial charge in [0, 0.05) is 18.4 Å². The van der Waals surface area contributed by atoms with E-state index in [9.17, 15) is 24.8 Å². The summed E-state index contributed by atoms with van der Waals surface area (Å²) in [6.45, 7) is 1.65. The third-order valence-corrected chi connectivity index (χ3v) is 3.60. The monoisotopic (exact) mass is 285 g/mol. The van der Waals surface area contributed by atoms with Crippen molar-refractivity contribution in [1.29, 1.82) is 0 Å². The van der Waals surface area contributed by atoms with Crippen LogP contribution in [-0.4, -0.2) is 58.7 Å². The molecule has 0 aromatic heterocycles. The molecule has 1 fully saturated rings. The van der Waals surface area contributed by atoms with Gasteiger partial charge in [-0.2, -0.15) is 0 Å². The molecule has 3 atom stereocenters. The summed E-state index contributed by atoms with van der Waals surface area (Å²) >= 11 is 0. The minimum atomic E-state index is -1.20. The van der Waals surface area contributed by atoms with Crippen molar-refractivity contribution < 1.29 is 24.4 Å². The fourth-order valence-electron chi connectivity index (χ4n) is 2.63. The molecular formula is C11H15N3O6. The van der Waals surface area contributed by atoms with E-state index in [1.807, 2.05) is 0 Å². The molecule has 1 heterocycles. The van der Waals surface area contributed by atoms with Gasteiger partial charge in [0.2, 0.25) is 0 Å². The van der Waals surface area contributed by atoms with E-state index in [0.717, 1.165) is 0 Å². The molecule has 0 saturated carbocycles. The minimum Gasteiger partial charge on any atom is -0.512 e. The Bertz CT molecular complexity index is 502. The Morgan fingerprint density at radius 3 is 2.85 bits per heavy atom. The average molecular weight is 285 g/mol. The van der Waals surface area contributed by atoms with Crippen LogP contribution >= 0.6 is 0 Å². The number of nitrogens with zero attached hydrogens (tertiary/aromatic N) is 2. The number of carbonyl (C=O) groups is 2. The summed E-state index contributed by atoms with van der Waals surface area (Å²) in [5, 5.41) is 23.6. The van der Waals surface area contributed by atoms with E-state index >= 15 is 0 Å². The van der Waals surface area contributed by atoms with E-state index in [1.54, 1.807) is 6.92 Å². The third kappa shape index (κ3) is 2.04. The molecular weight excluding hydrogens is 270 g/mol. The number of esters is 1. The van der Waals surface area contributed by atoms with E-state index < -0.39 is 35.0 Å². The van der Waals surface area contributed by atoms with Gasteiger partial charge < -0.3 is 20.1 Å². The van der Waals surface area contributed by atoms with Gasteiger partial charge in [0.05, 0.1) is 6.61 Å². The van der Waals surface area contributed by atoms with Crippen molar-refractivity contribution in [2.24, 2.45) is 0 Å². The SMILES string of the molecule is CCOC(=O)C1=C(O)CC2C([N+](=O)[O-])C1NC(=O)N2C. The highest BCUT2D eigenvalue weighted by molar-refractivity contribution is 5.93. The smallest absolute Gasteiger partial charge is 0.339 e. The first-order valence-corrected chi connectivity index (χ1v) is 6.14.